The van der Waals surface area contributed by atoms with Crippen LogP contribution in [-0.2, 0) is 11.3 Å². The van der Waals surface area contributed by atoms with Crippen molar-refractivity contribution in [3.05, 3.63) is 35.9 Å². The van der Waals surface area contributed by atoms with Crippen molar-refractivity contribution in [1.82, 2.24) is 0 Å². The van der Waals surface area contributed by atoms with Crippen molar-refractivity contribution in [3.63, 3.8) is 0 Å². The SMILES string of the molecule is CCCCC.CCOCc1ccccc1. The van der Waals surface area contributed by atoms with Crippen LogP contribution in [0.5, 0.6) is 0 Å². The molecule has 0 saturated carbocycles. The van der Waals surface area contributed by atoms with Crippen molar-refractivity contribution in [2.75, 3.05) is 6.61 Å². The van der Waals surface area contributed by atoms with E-state index in [1.165, 1.54) is 24.8 Å². The summed E-state index contributed by atoms with van der Waals surface area (Å²) < 4.78 is 5.22. The minimum absolute atomic E-state index is 0.733. The van der Waals surface area contributed by atoms with Gasteiger partial charge in [0.2, 0.25) is 0 Å². The van der Waals surface area contributed by atoms with Crippen LogP contribution in [0.2, 0.25) is 0 Å². The van der Waals surface area contributed by atoms with Gasteiger partial charge in [-0.15, -0.1) is 0 Å². The van der Waals surface area contributed by atoms with E-state index in [2.05, 4.69) is 26.0 Å². The highest BCUT2D eigenvalue weighted by Crippen LogP contribution is 1.99. The highest BCUT2D eigenvalue weighted by molar-refractivity contribution is 5.13. The summed E-state index contributed by atoms with van der Waals surface area (Å²) in [6, 6.07) is 10.2. The van der Waals surface area contributed by atoms with Gasteiger partial charge in [0.25, 0.3) is 0 Å². The second-order valence-corrected chi connectivity index (χ2v) is 3.48. The third kappa shape index (κ3) is 9.48. The molecule has 1 rings (SSSR count). The van der Waals surface area contributed by atoms with Crippen LogP contribution in [0.15, 0.2) is 30.3 Å². The Kier molecular flexibility index (Phi) is 10.6. The average Bonchev–Trinajstić information content (AvgIpc) is 2.30. The monoisotopic (exact) mass is 208 g/mol. The molecule has 0 saturated heterocycles. The minimum atomic E-state index is 0.733. The molecule has 0 aromatic heterocycles. The summed E-state index contributed by atoms with van der Waals surface area (Å²) >= 11 is 0. The van der Waals surface area contributed by atoms with E-state index in [0.717, 1.165) is 13.2 Å². The number of ether oxygens (including phenoxy) is 1. The van der Waals surface area contributed by atoms with Crippen LogP contribution in [0, 0.1) is 0 Å². The number of benzene rings is 1. The van der Waals surface area contributed by atoms with Crippen LogP contribution < -0.4 is 0 Å². The Bertz CT molecular complexity index is 204. The van der Waals surface area contributed by atoms with Crippen molar-refractivity contribution in [3.8, 4) is 0 Å². The largest absolute Gasteiger partial charge is 0.377 e. The van der Waals surface area contributed by atoms with Gasteiger partial charge in [0.1, 0.15) is 0 Å². The molecule has 0 N–H and O–H groups in total. The smallest absolute Gasteiger partial charge is 0.0716 e. The molecule has 15 heavy (non-hydrogen) atoms. The Labute approximate surface area is 94.5 Å². The molecule has 1 heteroatoms. The Morgan fingerprint density at radius 1 is 0.933 bits per heavy atom. The molecule has 0 aliphatic rings. The van der Waals surface area contributed by atoms with E-state index >= 15 is 0 Å². The summed E-state index contributed by atoms with van der Waals surface area (Å²) in [5, 5.41) is 0. The van der Waals surface area contributed by atoms with E-state index in [0.29, 0.717) is 0 Å². The first kappa shape index (κ1) is 14.2. The van der Waals surface area contributed by atoms with E-state index in [9.17, 15) is 0 Å². The van der Waals surface area contributed by atoms with Crippen LogP contribution in [0.3, 0.4) is 0 Å². The van der Waals surface area contributed by atoms with Gasteiger partial charge in [0, 0.05) is 6.61 Å². The van der Waals surface area contributed by atoms with E-state index in [4.69, 9.17) is 4.74 Å². The Morgan fingerprint density at radius 3 is 1.93 bits per heavy atom. The molecule has 1 aromatic carbocycles. The molecule has 0 aliphatic heterocycles. The molecule has 0 radical (unpaired) electrons. The lowest BCUT2D eigenvalue weighted by molar-refractivity contribution is 0.134. The molecule has 0 unspecified atom stereocenters. The molecule has 0 atom stereocenters. The maximum Gasteiger partial charge on any atom is 0.0716 e. The molecular formula is C14H24O. The van der Waals surface area contributed by atoms with Crippen molar-refractivity contribution < 1.29 is 4.74 Å². The van der Waals surface area contributed by atoms with Crippen molar-refractivity contribution in [2.24, 2.45) is 0 Å². The van der Waals surface area contributed by atoms with Crippen LogP contribution in [0.1, 0.15) is 45.6 Å². The fourth-order valence-electron chi connectivity index (χ4n) is 1.15. The van der Waals surface area contributed by atoms with Gasteiger partial charge in [-0.05, 0) is 12.5 Å². The molecular weight excluding hydrogens is 184 g/mol. The fourth-order valence-corrected chi connectivity index (χ4v) is 1.15. The van der Waals surface area contributed by atoms with Gasteiger partial charge in [0.15, 0.2) is 0 Å². The lowest BCUT2D eigenvalue weighted by Gasteiger charge is -1.98. The number of hydrogen-bond donors (Lipinski definition) is 0. The zero-order chi connectivity index (χ0) is 11.4. The third-order valence-corrected chi connectivity index (χ3v) is 2.02. The highest BCUT2D eigenvalue weighted by atomic mass is 16.5. The lowest BCUT2D eigenvalue weighted by Crippen LogP contribution is -1.90. The standard InChI is InChI=1S/C9H12O.C5H12/c1-2-10-8-9-6-4-3-5-7-9;1-3-5-4-2/h3-7H,2,8H2,1H3;3-5H2,1-2H3. The first-order chi connectivity index (χ1) is 7.35. The molecule has 0 aliphatic carbocycles. The molecule has 0 spiro atoms. The molecule has 0 bridgehead atoms. The van der Waals surface area contributed by atoms with Crippen molar-refractivity contribution >= 4 is 0 Å². The van der Waals surface area contributed by atoms with Gasteiger partial charge >= 0.3 is 0 Å². The number of unbranched alkanes of at least 4 members (excludes halogenated alkanes) is 2. The minimum Gasteiger partial charge on any atom is -0.377 e. The van der Waals surface area contributed by atoms with Crippen LogP contribution >= 0.6 is 0 Å². The summed E-state index contributed by atoms with van der Waals surface area (Å²) in [6.45, 7) is 7.95. The fraction of sp³-hybridized carbons (Fsp3) is 0.571. The molecule has 1 nitrogen and oxygen atoms in total. The van der Waals surface area contributed by atoms with Gasteiger partial charge in [-0.2, -0.15) is 0 Å². The average molecular weight is 208 g/mol. The summed E-state index contributed by atoms with van der Waals surface area (Å²) in [4.78, 5) is 0. The maximum absolute atomic E-state index is 5.22. The van der Waals surface area contributed by atoms with Crippen molar-refractivity contribution in [1.29, 1.82) is 0 Å². The second-order valence-electron chi connectivity index (χ2n) is 3.48. The highest BCUT2D eigenvalue weighted by Gasteiger charge is 1.86. The van der Waals surface area contributed by atoms with Crippen LogP contribution in [0.4, 0.5) is 0 Å². The summed E-state index contributed by atoms with van der Waals surface area (Å²) in [6.07, 6.45) is 4.08. The van der Waals surface area contributed by atoms with Crippen LogP contribution in [0.25, 0.3) is 0 Å². The van der Waals surface area contributed by atoms with Gasteiger partial charge in [0.05, 0.1) is 6.61 Å². The summed E-state index contributed by atoms with van der Waals surface area (Å²) in [5.74, 6) is 0. The molecule has 0 heterocycles. The van der Waals surface area contributed by atoms with Gasteiger partial charge < -0.3 is 4.74 Å². The van der Waals surface area contributed by atoms with E-state index in [-0.39, 0.29) is 0 Å². The van der Waals surface area contributed by atoms with Gasteiger partial charge in [-0.1, -0.05) is 63.4 Å². The quantitative estimate of drug-likeness (QED) is 0.696. The van der Waals surface area contributed by atoms with E-state index < -0.39 is 0 Å². The summed E-state index contributed by atoms with van der Waals surface area (Å²) in [7, 11) is 0. The molecule has 1 aromatic rings. The number of rotatable bonds is 5. The van der Waals surface area contributed by atoms with Crippen molar-refractivity contribution in [2.45, 2.75) is 46.6 Å². The molecule has 86 valence electrons. The van der Waals surface area contributed by atoms with Crippen LogP contribution in [-0.4, -0.2) is 6.61 Å². The summed E-state index contributed by atoms with van der Waals surface area (Å²) in [5.41, 5.74) is 1.24. The predicted molar refractivity (Wildman–Crippen MR) is 67.0 cm³/mol. The molecule has 0 amide bonds. The molecule has 0 fully saturated rings. The zero-order valence-electron chi connectivity index (χ0n) is 10.3. The van der Waals surface area contributed by atoms with Gasteiger partial charge in [-0.3, -0.25) is 0 Å². The van der Waals surface area contributed by atoms with E-state index in [1.54, 1.807) is 0 Å². The Hall–Kier alpha value is -0.820. The number of hydrogen-bond acceptors (Lipinski definition) is 1. The third-order valence-electron chi connectivity index (χ3n) is 2.02. The second kappa shape index (κ2) is 11.3. The maximum atomic E-state index is 5.22. The first-order valence-corrected chi connectivity index (χ1v) is 5.96. The normalized spacial score (nSPS) is 9.27. The first-order valence-electron chi connectivity index (χ1n) is 5.96. The Balaban J connectivity index is 0.000000336. The topological polar surface area (TPSA) is 9.23 Å². The van der Waals surface area contributed by atoms with E-state index in [1.807, 2.05) is 25.1 Å². The van der Waals surface area contributed by atoms with Gasteiger partial charge in [-0.25, -0.2) is 0 Å². The zero-order valence-corrected chi connectivity index (χ0v) is 10.3. The Morgan fingerprint density at radius 2 is 1.53 bits per heavy atom. The predicted octanol–water partition coefficient (Wildman–Crippen LogP) is 4.42. The lowest BCUT2D eigenvalue weighted by atomic mass is 10.2.